The Morgan fingerprint density at radius 1 is 0.941 bits per heavy atom. The number of hydrogen-bond acceptors (Lipinski definition) is 2. The van der Waals surface area contributed by atoms with Crippen molar-refractivity contribution < 1.29 is 0 Å². The van der Waals surface area contributed by atoms with Crippen LogP contribution in [0.15, 0.2) is 59.6 Å². The molecule has 0 spiro atoms. The van der Waals surface area contributed by atoms with Crippen molar-refractivity contribution in [3.8, 4) is 6.07 Å². The summed E-state index contributed by atoms with van der Waals surface area (Å²) in [4.78, 5) is 4.17. The summed E-state index contributed by atoms with van der Waals surface area (Å²) in [5.74, 6) is 0. The average molecular weight is 220 g/mol. The number of para-hydroxylation sites is 1. The van der Waals surface area contributed by atoms with Crippen molar-refractivity contribution >= 4 is 11.9 Å². The highest BCUT2D eigenvalue weighted by Gasteiger charge is 2.01. The molecule has 2 heteroatoms. The molecule has 17 heavy (non-hydrogen) atoms. The molecule has 82 valence electrons. The van der Waals surface area contributed by atoms with E-state index in [0.29, 0.717) is 5.56 Å². The predicted octanol–water partition coefficient (Wildman–Crippen LogP) is 3.50. The minimum atomic E-state index is 0.715. The molecule has 0 aromatic heterocycles. The van der Waals surface area contributed by atoms with Gasteiger partial charge in [0.1, 0.15) is 0 Å². The average Bonchev–Trinajstić information content (AvgIpc) is 2.89. The maximum Gasteiger partial charge on any atom is 0.0991 e. The van der Waals surface area contributed by atoms with Crippen molar-refractivity contribution in [2.45, 2.75) is 6.42 Å². The molecule has 1 aliphatic rings. The summed E-state index contributed by atoms with van der Waals surface area (Å²) in [6.07, 6.45) is 2.96. The smallest absolute Gasteiger partial charge is 0.0991 e. The van der Waals surface area contributed by atoms with E-state index in [1.54, 1.807) is 12.1 Å². The van der Waals surface area contributed by atoms with E-state index in [1.165, 1.54) is 5.56 Å². The first kappa shape index (κ1) is 11.1. The molecule has 0 bridgehead atoms. The van der Waals surface area contributed by atoms with Crippen LogP contribution in [0.2, 0.25) is 0 Å². The molecule has 0 aliphatic carbocycles. The van der Waals surface area contributed by atoms with Gasteiger partial charge in [0.2, 0.25) is 0 Å². The van der Waals surface area contributed by atoms with E-state index in [2.05, 4.69) is 11.1 Å². The third-order valence-electron chi connectivity index (χ3n) is 2.44. The lowest BCUT2D eigenvalue weighted by molar-refractivity contribution is 1.41. The maximum atomic E-state index is 8.29. The second kappa shape index (κ2) is 5.62. The number of benzene rings is 2. The molecule has 0 radical (unpaired) electrons. The molecule has 0 N–H and O–H groups in total. The van der Waals surface area contributed by atoms with Crippen LogP contribution in [0.25, 0.3) is 0 Å². The molecular formula is C15H12N2. The van der Waals surface area contributed by atoms with E-state index in [9.17, 15) is 0 Å². The Kier molecular flexibility index (Phi) is 3.67. The van der Waals surface area contributed by atoms with Gasteiger partial charge in [-0.15, -0.1) is 0 Å². The first-order chi connectivity index (χ1) is 8.40. The van der Waals surface area contributed by atoms with Gasteiger partial charge in [0, 0.05) is 12.6 Å². The molecule has 2 aromatic rings. The number of aliphatic imine (C=N–C) groups is 1. The molecule has 3 rings (SSSR count). The van der Waals surface area contributed by atoms with E-state index in [4.69, 9.17) is 5.26 Å². The summed E-state index contributed by atoms with van der Waals surface area (Å²) in [5, 5.41) is 8.29. The fourth-order valence-corrected chi connectivity index (χ4v) is 1.56. The van der Waals surface area contributed by atoms with E-state index in [-0.39, 0.29) is 0 Å². The summed E-state index contributed by atoms with van der Waals surface area (Å²) in [7, 11) is 0. The zero-order chi connectivity index (χ0) is 11.9. The highest BCUT2D eigenvalue weighted by molar-refractivity contribution is 5.75. The lowest BCUT2D eigenvalue weighted by atomic mass is 10.2. The molecule has 0 atom stereocenters. The molecular weight excluding hydrogens is 208 g/mol. The predicted molar refractivity (Wildman–Crippen MR) is 69.5 cm³/mol. The molecule has 2 nitrogen and oxygen atoms in total. The van der Waals surface area contributed by atoms with Crippen molar-refractivity contribution in [3.63, 3.8) is 0 Å². The SMILES string of the molecule is C1=Nc2ccccc2C1.N#Cc1ccccc1. The first-order valence-corrected chi connectivity index (χ1v) is 5.46. The Hall–Kier alpha value is -2.40. The molecule has 0 saturated heterocycles. The number of nitriles is 1. The number of nitrogens with zero attached hydrogens (tertiary/aromatic N) is 2. The van der Waals surface area contributed by atoms with Gasteiger partial charge in [-0.05, 0) is 23.8 Å². The van der Waals surface area contributed by atoms with Crippen LogP contribution in [-0.2, 0) is 6.42 Å². The molecule has 1 aliphatic heterocycles. The maximum absolute atomic E-state index is 8.29. The van der Waals surface area contributed by atoms with Gasteiger partial charge in [-0.2, -0.15) is 5.26 Å². The van der Waals surface area contributed by atoms with Crippen LogP contribution in [0.4, 0.5) is 5.69 Å². The Bertz CT molecular complexity index is 551. The molecule has 2 aromatic carbocycles. The van der Waals surface area contributed by atoms with Crippen LogP contribution in [0.1, 0.15) is 11.1 Å². The quantitative estimate of drug-likeness (QED) is 0.669. The van der Waals surface area contributed by atoms with Crippen LogP contribution in [-0.4, -0.2) is 6.21 Å². The summed E-state index contributed by atoms with van der Waals surface area (Å²) < 4.78 is 0. The van der Waals surface area contributed by atoms with Gasteiger partial charge in [0.15, 0.2) is 0 Å². The van der Waals surface area contributed by atoms with Crippen molar-refractivity contribution in [1.82, 2.24) is 0 Å². The van der Waals surface area contributed by atoms with Gasteiger partial charge >= 0.3 is 0 Å². The lowest BCUT2D eigenvalue weighted by Gasteiger charge is -1.91. The molecule has 0 unspecified atom stereocenters. The molecule has 0 fully saturated rings. The summed E-state index contributed by atoms with van der Waals surface area (Å²) in [5.41, 5.74) is 3.20. The number of fused-ring (bicyclic) bond motifs is 1. The van der Waals surface area contributed by atoms with Gasteiger partial charge in [-0.1, -0.05) is 36.4 Å². The number of rotatable bonds is 0. The second-order valence-electron chi connectivity index (χ2n) is 3.62. The van der Waals surface area contributed by atoms with Gasteiger partial charge in [-0.25, -0.2) is 0 Å². The summed E-state index contributed by atoms with van der Waals surface area (Å²) in [6.45, 7) is 0. The van der Waals surface area contributed by atoms with Gasteiger partial charge in [-0.3, -0.25) is 4.99 Å². The summed E-state index contributed by atoms with van der Waals surface area (Å²) >= 11 is 0. The van der Waals surface area contributed by atoms with Crippen molar-refractivity contribution in [2.24, 2.45) is 4.99 Å². The molecule has 1 heterocycles. The normalized spacial score (nSPS) is 11.0. The standard InChI is InChI=1S/C8H7N.C7H5N/c1-2-4-8-7(3-1)5-6-9-8;8-6-7-4-2-1-3-5-7/h1-4,6H,5H2;1-5H. The van der Waals surface area contributed by atoms with E-state index >= 15 is 0 Å². The first-order valence-electron chi connectivity index (χ1n) is 5.46. The second-order valence-corrected chi connectivity index (χ2v) is 3.62. The Morgan fingerprint density at radius 2 is 1.65 bits per heavy atom. The third-order valence-corrected chi connectivity index (χ3v) is 2.44. The zero-order valence-corrected chi connectivity index (χ0v) is 9.38. The van der Waals surface area contributed by atoms with Crippen LogP contribution in [0.5, 0.6) is 0 Å². The largest absolute Gasteiger partial charge is 0.261 e. The Morgan fingerprint density at radius 3 is 2.29 bits per heavy atom. The fourth-order valence-electron chi connectivity index (χ4n) is 1.56. The lowest BCUT2D eigenvalue weighted by Crippen LogP contribution is -1.75. The minimum Gasteiger partial charge on any atom is -0.261 e. The van der Waals surface area contributed by atoms with Gasteiger partial charge in [0.05, 0.1) is 17.3 Å². The van der Waals surface area contributed by atoms with Crippen LogP contribution in [0.3, 0.4) is 0 Å². The Labute approximate surface area is 101 Å². The highest BCUT2D eigenvalue weighted by Crippen LogP contribution is 2.22. The molecule has 0 saturated carbocycles. The fraction of sp³-hybridized carbons (Fsp3) is 0.0667. The van der Waals surface area contributed by atoms with E-state index in [1.807, 2.05) is 48.7 Å². The van der Waals surface area contributed by atoms with Crippen LogP contribution >= 0.6 is 0 Å². The minimum absolute atomic E-state index is 0.715. The van der Waals surface area contributed by atoms with Crippen LogP contribution < -0.4 is 0 Å². The van der Waals surface area contributed by atoms with Gasteiger partial charge in [0.25, 0.3) is 0 Å². The summed E-state index contributed by atoms with van der Waals surface area (Å²) in [6, 6.07) is 19.4. The monoisotopic (exact) mass is 220 g/mol. The Balaban J connectivity index is 0.000000128. The third kappa shape index (κ3) is 3.02. The topological polar surface area (TPSA) is 36.1 Å². The van der Waals surface area contributed by atoms with Crippen molar-refractivity contribution in [3.05, 3.63) is 65.7 Å². The van der Waals surface area contributed by atoms with Crippen LogP contribution in [0, 0.1) is 11.3 Å². The van der Waals surface area contributed by atoms with Crippen molar-refractivity contribution in [1.29, 1.82) is 5.26 Å². The van der Waals surface area contributed by atoms with Crippen molar-refractivity contribution in [2.75, 3.05) is 0 Å². The van der Waals surface area contributed by atoms with Gasteiger partial charge < -0.3 is 0 Å². The zero-order valence-electron chi connectivity index (χ0n) is 9.38. The number of hydrogen-bond donors (Lipinski definition) is 0. The highest BCUT2D eigenvalue weighted by atomic mass is 14.7. The molecule has 0 amide bonds. The van der Waals surface area contributed by atoms with E-state index < -0.39 is 0 Å². The van der Waals surface area contributed by atoms with E-state index in [0.717, 1.165) is 12.1 Å².